The molecule has 0 spiro atoms. The lowest BCUT2D eigenvalue weighted by molar-refractivity contribution is -0.128. The quantitative estimate of drug-likeness (QED) is 0.378. The maximum Gasteiger partial charge on any atom is 0.227 e. The molecule has 0 radical (unpaired) electrons. The van der Waals surface area contributed by atoms with Gasteiger partial charge in [-0.15, -0.1) is 24.0 Å². The van der Waals surface area contributed by atoms with Gasteiger partial charge in [0.1, 0.15) is 5.76 Å². The average molecular weight is 408 g/mol. The highest BCUT2D eigenvalue weighted by Crippen LogP contribution is 2.12. The van der Waals surface area contributed by atoms with Crippen molar-refractivity contribution in [3.05, 3.63) is 24.2 Å². The van der Waals surface area contributed by atoms with Crippen LogP contribution < -0.4 is 16.0 Å². The summed E-state index contributed by atoms with van der Waals surface area (Å²) in [6, 6.07) is 3.81. The number of guanidine groups is 1. The van der Waals surface area contributed by atoms with Gasteiger partial charge in [-0.3, -0.25) is 9.79 Å². The number of hydrogen-bond acceptors (Lipinski definition) is 3. The summed E-state index contributed by atoms with van der Waals surface area (Å²) in [5, 5.41) is 8.99. The fourth-order valence-electron chi connectivity index (χ4n) is 1.70. The minimum Gasteiger partial charge on any atom is -0.469 e. The molecule has 0 fully saturated rings. The van der Waals surface area contributed by atoms with Crippen LogP contribution in [-0.2, 0) is 11.2 Å². The van der Waals surface area contributed by atoms with E-state index in [1.807, 2.05) is 26.0 Å². The molecule has 0 saturated carbocycles. The Kier molecular flexibility index (Phi) is 9.07. The molecule has 6 nitrogen and oxygen atoms in total. The Morgan fingerprint density at radius 2 is 2.10 bits per heavy atom. The molecule has 1 aromatic rings. The fraction of sp³-hybridized carbons (Fsp3) is 0.571. The van der Waals surface area contributed by atoms with Crippen LogP contribution in [0.25, 0.3) is 0 Å². The van der Waals surface area contributed by atoms with Gasteiger partial charge in [0, 0.05) is 33.6 Å². The van der Waals surface area contributed by atoms with E-state index < -0.39 is 5.41 Å². The summed E-state index contributed by atoms with van der Waals surface area (Å²) in [5.41, 5.74) is -0.493. The summed E-state index contributed by atoms with van der Waals surface area (Å²) in [7, 11) is 3.34. The smallest absolute Gasteiger partial charge is 0.227 e. The number of carbonyl (C=O) groups excluding carboxylic acids is 1. The number of hydrogen-bond donors (Lipinski definition) is 3. The van der Waals surface area contributed by atoms with Gasteiger partial charge in [-0.1, -0.05) is 0 Å². The second-order valence-corrected chi connectivity index (χ2v) is 5.14. The first-order valence-corrected chi connectivity index (χ1v) is 6.68. The number of amides is 1. The number of nitrogens with zero attached hydrogens (tertiary/aromatic N) is 1. The molecule has 0 aliphatic carbocycles. The first kappa shape index (κ1) is 19.8. The zero-order chi connectivity index (χ0) is 15.0. The average Bonchev–Trinajstić information content (AvgIpc) is 2.94. The van der Waals surface area contributed by atoms with Crippen molar-refractivity contribution in [1.29, 1.82) is 0 Å². The van der Waals surface area contributed by atoms with E-state index in [1.54, 1.807) is 20.4 Å². The Balaban J connectivity index is 0.00000400. The monoisotopic (exact) mass is 408 g/mol. The first-order chi connectivity index (χ1) is 9.49. The van der Waals surface area contributed by atoms with Crippen LogP contribution in [-0.4, -0.2) is 39.1 Å². The van der Waals surface area contributed by atoms with Gasteiger partial charge in [-0.25, -0.2) is 0 Å². The van der Waals surface area contributed by atoms with Crippen molar-refractivity contribution in [2.24, 2.45) is 10.4 Å². The topological polar surface area (TPSA) is 78.7 Å². The summed E-state index contributed by atoms with van der Waals surface area (Å²) in [4.78, 5) is 15.8. The fourth-order valence-corrected chi connectivity index (χ4v) is 1.70. The molecule has 3 N–H and O–H groups in total. The molecule has 0 aromatic carbocycles. The lowest BCUT2D eigenvalue weighted by atomic mass is 9.92. The van der Waals surface area contributed by atoms with Gasteiger partial charge in [0.05, 0.1) is 11.7 Å². The molecule has 21 heavy (non-hydrogen) atoms. The summed E-state index contributed by atoms with van der Waals surface area (Å²) < 4.78 is 5.26. The number of halogens is 1. The maximum absolute atomic E-state index is 11.7. The molecule has 7 heteroatoms. The third-order valence-electron chi connectivity index (χ3n) is 3.01. The van der Waals surface area contributed by atoms with E-state index in [-0.39, 0.29) is 29.9 Å². The molecule has 0 aliphatic rings. The number of aliphatic imine (C=N–C) groups is 1. The van der Waals surface area contributed by atoms with E-state index in [9.17, 15) is 4.79 Å². The summed E-state index contributed by atoms with van der Waals surface area (Å²) in [6.07, 6.45) is 2.45. The molecule has 0 unspecified atom stereocenters. The summed E-state index contributed by atoms with van der Waals surface area (Å²) in [6.45, 7) is 4.99. The molecule has 0 atom stereocenters. The van der Waals surface area contributed by atoms with Gasteiger partial charge in [-0.05, 0) is 26.0 Å². The van der Waals surface area contributed by atoms with Crippen LogP contribution in [0.5, 0.6) is 0 Å². The van der Waals surface area contributed by atoms with Crippen LogP contribution in [0, 0.1) is 5.41 Å². The zero-order valence-corrected chi connectivity index (χ0v) is 15.4. The molecular formula is C14H25IN4O2. The van der Waals surface area contributed by atoms with E-state index in [1.165, 1.54) is 0 Å². The van der Waals surface area contributed by atoms with E-state index in [0.29, 0.717) is 19.0 Å². The molecule has 1 rings (SSSR count). The predicted molar refractivity (Wildman–Crippen MR) is 95.0 cm³/mol. The highest BCUT2D eigenvalue weighted by atomic mass is 127. The SMILES string of the molecule is CN=C(NCCc1ccco1)NCC(C)(C)C(=O)NC.I. The van der Waals surface area contributed by atoms with E-state index in [4.69, 9.17) is 4.42 Å². The molecule has 1 amide bonds. The van der Waals surface area contributed by atoms with Gasteiger partial charge < -0.3 is 20.4 Å². The molecule has 0 aliphatic heterocycles. The second-order valence-electron chi connectivity index (χ2n) is 5.14. The number of rotatable bonds is 6. The molecule has 1 heterocycles. The van der Waals surface area contributed by atoms with Crippen LogP contribution in [0.1, 0.15) is 19.6 Å². The van der Waals surface area contributed by atoms with Crippen molar-refractivity contribution < 1.29 is 9.21 Å². The molecule has 0 saturated heterocycles. The van der Waals surface area contributed by atoms with Crippen LogP contribution in [0.3, 0.4) is 0 Å². The van der Waals surface area contributed by atoms with Gasteiger partial charge >= 0.3 is 0 Å². The second kappa shape index (κ2) is 9.64. The largest absolute Gasteiger partial charge is 0.469 e. The number of furan rings is 1. The zero-order valence-electron chi connectivity index (χ0n) is 13.0. The lowest BCUT2D eigenvalue weighted by Crippen LogP contribution is -2.47. The third kappa shape index (κ3) is 6.83. The Morgan fingerprint density at radius 3 is 2.62 bits per heavy atom. The summed E-state index contributed by atoms with van der Waals surface area (Å²) in [5.74, 6) is 1.60. The lowest BCUT2D eigenvalue weighted by Gasteiger charge is -2.24. The van der Waals surface area contributed by atoms with Gasteiger partial charge in [0.25, 0.3) is 0 Å². The van der Waals surface area contributed by atoms with Crippen LogP contribution in [0.2, 0.25) is 0 Å². The third-order valence-corrected chi connectivity index (χ3v) is 3.01. The Bertz CT molecular complexity index is 444. The van der Waals surface area contributed by atoms with Gasteiger partial charge in [-0.2, -0.15) is 0 Å². The predicted octanol–water partition coefficient (Wildman–Crippen LogP) is 1.38. The maximum atomic E-state index is 11.7. The molecule has 1 aromatic heterocycles. The van der Waals surface area contributed by atoms with Crippen molar-refractivity contribution in [2.45, 2.75) is 20.3 Å². The summed E-state index contributed by atoms with van der Waals surface area (Å²) >= 11 is 0. The van der Waals surface area contributed by atoms with E-state index >= 15 is 0 Å². The van der Waals surface area contributed by atoms with E-state index in [2.05, 4.69) is 20.9 Å². The minimum atomic E-state index is -0.493. The van der Waals surface area contributed by atoms with Crippen molar-refractivity contribution in [2.75, 3.05) is 27.2 Å². The molecule has 0 bridgehead atoms. The highest BCUT2D eigenvalue weighted by Gasteiger charge is 2.26. The molecular weight excluding hydrogens is 383 g/mol. The Hall–Kier alpha value is -1.25. The van der Waals surface area contributed by atoms with Gasteiger partial charge in [0.15, 0.2) is 5.96 Å². The van der Waals surface area contributed by atoms with Crippen LogP contribution in [0.4, 0.5) is 0 Å². The molecule has 120 valence electrons. The van der Waals surface area contributed by atoms with Crippen molar-refractivity contribution in [3.8, 4) is 0 Å². The van der Waals surface area contributed by atoms with Crippen LogP contribution in [0.15, 0.2) is 27.8 Å². The van der Waals surface area contributed by atoms with Crippen molar-refractivity contribution in [1.82, 2.24) is 16.0 Å². The van der Waals surface area contributed by atoms with Gasteiger partial charge in [0.2, 0.25) is 5.91 Å². The van der Waals surface area contributed by atoms with Crippen LogP contribution >= 0.6 is 24.0 Å². The van der Waals surface area contributed by atoms with E-state index in [0.717, 1.165) is 12.2 Å². The minimum absolute atomic E-state index is 0. The van der Waals surface area contributed by atoms with Crippen molar-refractivity contribution >= 4 is 35.8 Å². The number of nitrogens with one attached hydrogen (secondary N) is 3. The Labute approximate surface area is 143 Å². The number of carbonyl (C=O) groups is 1. The highest BCUT2D eigenvalue weighted by molar-refractivity contribution is 14.0. The first-order valence-electron chi connectivity index (χ1n) is 6.68. The Morgan fingerprint density at radius 1 is 1.38 bits per heavy atom. The van der Waals surface area contributed by atoms with Crippen molar-refractivity contribution in [3.63, 3.8) is 0 Å². The standard InChI is InChI=1S/C14H24N4O2.HI/c1-14(2,12(19)15-3)10-18-13(16-4)17-8-7-11-6-5-9-20-11;/h5-6,9H,7-8,10H2,1-4H3,(H,15,19)(H2,16,17,18);1H. The normalized spacial score (nSPS) is 11.5.